The lowest BCUT2D eigenvalue weighted by Gasteiger charge is -2.09. The van der Waals surface area contributed by atoms with Crippen LogP contribution in [0.25, 0.3) is 137 Å². The molecule has 0 atom stereocenters. The molecule has 270 valence electrons. The van der Waals surface area contributed by atoms with Gasteiger partial charge in [0.25, 0.3) is 0 Å². The molecule has 0 aliphatic heterocycles. The van der Waals surface area contributed by atoms with E-state index in [1.807, 2.05) is 0 Å². The Kier molecular flexibility index (Phi) is 5.36. The molecule has 15 rings (SSSR count). The van der Waals surface area contributed by atoms with Crippen molar-refractivity contribution < 1.29 is 0 Å². The minimum Gasteiger partial charge on any atom is -0.309 e. The fourth-order valence-corrected chi connectivity index (χ4v) is 10.9. The minimum absolute atomic E-state index is 0.890. The second-order valence-corrected chi connectivity index (χ2v) is 16.1. The van der Waals surface area contributed by atoms with Crippen LogP contribution >= 0.6 is 0 Å². The lowest BCUT2D eigenvalue weighted by Crippen LogP contribution is -1.93. The Labute approximate surface area is 334 Å². The van der Waals surface area contributed by atoms with E-state index in [-0.39, 0.29) is 0 Å². The first kappa shape index (κ1) is 30.2. The molecule has 0 fully saturated rings. The van der Waals surface area contributed by atoms with Crippen LogP contribution in [0, 0.1) is 0 Å². The number of hydrogen-bond acceptors (Lipinski definition) is 2. The van der Waals surface area contributed by atoms with Crippen molar-refractivity contribution in [2.24, 2.45) is 0 Å². The van der Waals surface area contributed by atoms with E-state index in [1.54, 1.807) is 0 Å². The number of hydrogen-bond donors (Lipinski definition) is 0. The number of para-hydroxylation sites is 4. The highest BCUT2D eigenvalue weighted by atomic mass is 15.1. The Hall–Kier alpha value is -8.02. The number of fused-ring (bicyclic) bond motifs is 19. The van der Waals surface area contributed by atoms with Crippen molar-refractivity contribution in [3.8, 4) is 16.8 Å². The van der Waals surface area contributed by atoms with E-state index in [0.717, 1.165) is 49.8 Å². The summed E-state index contributed by atoms with van der Waals surface area (Å²) in [6.07, 6.45) is 0. The maximum Gasteiger partial charge on any atom is 0.165 e. The zero-order valence-electron chi connectivity index (χ0n) is 31.5. The van der Waals surface area contributed by atoms with Gasteiger partial charge in [0.15, 0.2) is 11.3 Å². The third kappa shape index (κ3) is 3.59. The molecule has 0 radical (unpaired) electrons. The molecule has 6 heterocycles. The van der Waals surface area contributed by atoms with Crippen LogP contribution in [0.1, 0.15) is 0 Å². The summed E-state index contributed by atoms with van der Waals surface area (Å²) in [6.45, 7) is 0. The molecule has 0 unspecified atom stereocenters. The molecule has 9 aromatic carbocycles. The molecule has 0 aliphatic carbocycles. The maximum atomic E-state index is 5.72. The average Bonchev–Trinajstić information content (AvgIpc) is 4.08. The van der Waals surface area contributed by atoms with E-state index in [2.05, 4.69) is 189 Å². The van der Waals surface area contributed by atoms with E-state index in [1.165, 1.54) is 87.1 Å². The molecule has 5 nitrogen and oxygen atoms in total. The van der Waals surface area contributed by atoms with Crippen LogP contribution in [0.4, 0.5) is 0 Å². The zero-order chi connectivity index (χ0) is 38.1. The Balaban J connectivity index is 1.08. The molecule has 6 aromatic heterocycles. The second kappa shape index (κ2) is 10.5. The van der Waals surface area contributed by atoms with Gasteiger partial charge in [-0.1, -0.05) is 133 Å². The van der Waals surface area contributed by atoms with Crippen molar-refractivity contribution in [2.45, 2.75) is 0 Å². The topological polar surface area (TPSA) is 39.5 Å². The maximum absolute atomic E-state index is 5.72. The predicted octanol–water partition coefficient (Wildman–Crippen LogP) is 13.8. The Bertz CT molecular complexity index is 4300. The lowest BCUT2D eigenvalue weighted by atomic mass is 9.98. The van der Waals surface area contributed by atoms with Gasteiger partial charge in [-0.15, -0.1) is 0 Å². The SMILES string of the molecule is c1ccc(-n2c3ccccc3c3cc(-c4cccc5c6cccc7c8nc9c(nc8n(c45)c67)c4cc5ccccc5c5c6c7ccccc7ccc6n9c45)ccc32)cc1. The second-order valence-electron chi connectivity index (χ2n) is 16.1. The van der Waals surface area contributed by atoms with Gasteiger partial charge in [0, 0.05) is 54.3 Å². The molecule has 59 heavy (non-hydrogen) atoms. The third-order valence-electron chi connectivity index (χ3n) is 13.2. The summed E-state index contributed by atoms with van der Waals surface area (Å²) in [5, 5.41) is 14.7. The summed E-state index contributed by atoms with van der Waals surface area (Å²) in [7, 11) is 0. The van der Waals surface area contributed by atoms with Gasteiger partial charge < -0.3 is 4.57 Å². The van der Waals surface area contributed by atoms with E-state index in [0.29, 0.717) is 0 Å². The monoisotopic (exact) mass is 747 g/mol. The van der Waals surface area contributed by atoms with E-state index in [4.69, 9.17) is 9.97 Å². The molecule has 0 spiro atoms. The van der Waals surface area contributed by atoms with Crippen molar-refractivity contribution in [2.75, 3.05) is 0 Å². The van der Waals surface area contributed by atoms with Crippen LogP contribution in [0.15, 0.2) is 176 Å². The summed E-state index contributed by atoms with van der Waals surface area (Å²) < 4.78 is 7.18. The van der Waals surface area contributed by atoms with Crippen molar-refractivity contribution in [3.63, 3.8) is 0 Å². The quantitative estimate of drug-likeness (QED) is 0.177. The fourth-order valence-electron chi connectivity index (χ4n) is 10.9. The summed E-state index contributed by atoms with van der Waals surface area (Å²) in [4.78, 5) is 11.4. The molecule has 0 saturated carbocycles. The van der Waals surface area contributed by atoms with Crippen molar-refractivity contribution in [1.82, 2.24) is 23.3 Å². The summed E-state index contributed by atoms with van der Waals surface area (Å²) in [6, 6.07) is 64.2. The highest BCUT2D eigenvalue weighted by Gasteiger charge is 2.27. The Morgan fingerprint density at radius 3 is 1.83 bits per heavy atom. The molecule has 0 amide bonds. The van der Waals surface area contributed by atoms with Gasteiger partial charge >= 0.3 is 0 Å². The van der Waals surface area contributed by atoms with Crippen molar-refractivity contribution in [1.29, 1.82) is 0 Å². The van der Waals surface area contributed by atoms with E-state index < -0.39 is 0 Å². The summed E-state index contributed by atoms with van der Waals surface area (Å²) in [5.41, 5.74) is 14.2. The smallest absolute Gasteiger partial charge is 0.165 e. The van der Waals surface area contributed by atoms with Crippen LogP contribution in [-0.4, -0.2) is 23.3 Å². The largest absolute Gasteiger partial charge is 0.309 e. The number of benzene rings is 9. The van der Waals surface area contributed by atoms with Gasteiger partial charge in [0.2, 0.25) is 0 Å². The van der Waals surface area contributed by atoms with Crippen molar-refractivity contribution >= 4 is 120 Å². The van der Waals surface area contributed by atoms with Crippen LogP contribution in [0.2, 0.25) is 0 Å². The van der Waals surface area contributed by atoms with Crippen LogP contribution < -0.4 is 0 Å². The Morgan fingerprint density at radius 2 is 0.966 bits per heavy atom. The first-order valence-corrected chi connectivity index (χ1v) is 20.3. The molecule has 0 N–H and O–H groups in total. The highest BCUT2D eigenvalue weighted by Crippen LogP contribution is 2.47. The average molecular weight is 748 g/mol. The van der Waals surface area contributed by atoms with Crippen LogP contribution in [0.5, 0.6) is 0 Å². The highest BCUT2D eigenvalue weighted by molar-refractivity contribution is 6.35. The van der Waals surface area contributed by atoms with Crippen molar-refractivity contribution in [3.05, 3.63) is 176 Å². The van der Waals surface area contributed by atoms with Gasteiger partial charge in [0.05, 0.1) is 33.1 Å². The predicted molar refractivity (Wildman–Crippen MR) is 246 cm³/mol. The Morgan fingerprint density at radius 1 is 0.339 bits per heavy atom. The van der Waals surface area contributed by atoms with E-state index in [9.17, 15) is 0 Å². The first-order valence-electron chi connectivity index (χ1n) is 20.3. The number of nitrogens with zero attached hydrogens (tertiary/aromatic N) is 5. The van der Waals surface area contributed by atoms with Crippen LogP contribution in [0.3, 0.4) is 0 Å². The van der Waals surface area contributed by atoms with Gasteiger partial charge in [-0.3, -0.25) is 8.80 Å². The molecule has 5 heteroatoms. The van der Waals surface area contributed by atoms with Gasteiger partial charge in [-0.2, -0.15) is 0 Å². The molecule has 0 aliphatic rings. The summed E-state index contributed by atoms with van der Waals surface area (Å²) >= 11 is 0. The summed E-state index contributed by atoms with van der Waals surface area (Å²) in [5.74, 6) is 0. The molecule has 15 aromatic rings. The zero-order valence-corrected chi connectivity index (χ0v) is 31.5. The fraction of sp³-hybridized carbons (Fsp3) is 0. The lowest BCUT2D eigenvalue weighted by molar-refractivity contribution is 1.18. The standard InChI is InChI=1S/C54H29N5/c1-2-14-33(15-3-1)57-43-23-9-8-18-37(43)41-28-32(25-26-44(41)57)36-19-10-20-38-39-21-11-22-40-48-54(59(50(36)38)51(39)40)56-49-42-29-31-13-5-7-17-35(31)47-46-34-16-6-4-12-30(34)24-27-45(46)58(52(42)47)53(49)55-48/h1-29H. The van der Waals surface area contributed by atoms with Gasteiger partial charge in [-0.05, 0) is 69.6 Å². The normalized spacial score (nSPS) is 12.7. The minimum atomic E-state index is 0.890. The molecule has 0 bridgehead atoms. The van der Waals surface area contributed by atoms with E-state index >= 15 is 0 Å². The molecular formula is C54H29N5. The van der Waals surface area contributed by atoms with Gasteiger partial charge in [0.1, 0.15) is 11.0 Å². The van der Waals surface area contributed by atoms with Gasteiger partial charge in [-0.25, -0.2) is 9.97 Å². The van der Waals surface area contributed by atoms with Crippen LogP contribution in [-0.2, 0) is 0 Å². The number of aromatic nitrogens is 5. The molecular weight excluding hydrogens is 719 g/mol. The first-order chi connectivity index (χ1) is 29.3. The third-order valence-corrected chi connectivity index (χ3v) is 13.2. The number of rotatable bonds is 2. The molecule has 0 saturated heterocycles.